The molecule has 2 nitrogen and oxygen atoms in total. The van der Waals surface area contributed by atoms with Gasteiger partial charge in [0.2, 0.25) is 0 Å². The molecule has 0 aliphatic heterocycles. The van der Waals surface area contributed by atoms with Crippen molar-refractivity contribution in [3.8, 4) is 5.75 Å². The van der Waals surface area contributed by atoms with E-state index in [9.17, 15) is 10.2 Å². The molecule has 0 heterocycles. The fourth-order valence-electron chi connectivity index (χ4n) is 1.71. The van der Waals surface area contributed by atoms with Crippen molar-refractivity contribution in [2.75, 3.05) is 0 Å². The summed E-state index contributed by atoms with van der Waals surface area (Å²) in [6, 6.07) is 5.23. The Morgan fingerprint density at radius 2 is 2.15 bits per heavy atom. The van der Waals surface area contributed by atoms with Gasteiger partial charge in [-0.2, -0.15) is 0 Å². The normalized spacial score (nSPS) is 25.7. The Labute approximate surface area is 77.1 Å². The standard InChI is InChI=1S/C11H12O2/c1-11(13)7-3-4-8-9(11)5-2-6-10(8)12/h2-6,12-13H,7H2,1H3. The van der Waals surface area contributed by atoms with Crippen LogP contribution in [0.4, 0.5) is 0 Å². The minimum absolute atomic E-state index is 0.230. The van der Waals surface area contributed by atoms with Crippen molar-refractivity contribution in [1.82, 2.24) is 0 Å². The monoisotopic (exact) mass is 176 g/mol. The Bertz CT molecular complexity index is 364. The van der Waals surface area contributed by atoms with Crippen molar-refractivity contribution in [3.63, 3.8) is 0 Å². The lowest BCUT2D eigenvalue weighted by atomic mass is 9.84. The van der Waals surface area contributed by atoms with E-state index in [0.29, 0.717) is 6.42 Å². The van der Waals surface area contributed by atoms with Gasteiger partial charge >= 0.3 is 0 Å². The number of aromatic hydroxyl groups is 1. The predicted molar refractivity (Wildman–Crippen MR) is 51.3 cm³/mol. The highest BCUT2D eigenvalue weighted by Gasteiger charge is 2.27. The summed E-state index contributed by atoms with van der Waals surface area (Å²) < 4.78 is 0. The van der Waals surface area contributed by atoms with E-state index in [4.69, 9.17) is 0 Å². The minimum Gasteiger partial charge on any atom is -0.507 e. The molecule has 1 aromatic rings. The lowest BCUT2D eigenvalue weighted by Gasteiger charge is -2.27. The molecule has 1 aliphatic rings. The first-order valence-corrected chi connectivity index (χ1v) is 4.33. The summed E-state index contributed by atoms with van der Waals surface area (Å²) in [5.74, 6) is 0.230. The molecule has 2 N–H and O–H groups in total. The summed E-state index contributed by atoms with van der Waals surface area (Å²) in [5.41, 5.74) is 0.691. The number of fused-ring (bicyclic) bond motifs is 1. The molecule has 0 fully saturated rings. The molecule has 0 aromatic heterocycles. The molecular weight excluding hydrogens is 164 g/mol. The van der Waals surface area contributed by atoms with Crippen LogP contribution in [0.15, 0.2) is 24.3 Å². The van der Waals surface area contributed by atoms with Gasteiger partial charge in [0.25, 0.3) is 0 Å². The van der Waals surface area contributed by atoms with Gasteiger partial charge in [0.15, 0.2) is 0 Å². The van der Waals surface area contributed by atoms with Gasteiger partial charge in [-0.3, -0.25) is 0 Å². The smallest absolute Gasteiger partial charge is 0.123 e. The topological polar surface area (TPSA) is 40.5 Å². The molecule has 1 aromatic carbocycles. The number of aliphatic hydroxyl groups is 1. The maximum absolute atomic E-state index is 9.99. The number of benzene rings is 1. The van der Waals surface area contributed by atoms with Gasteiger partial charge in [-0.25, -0.2) is 0 Å². The highest BCUT2D eigenvalue weighted by Crippen LogP contribution is 2.36. The molecule has 68 valence electrons. The molecule has 0 spiro atoms. The van der Waals surface area contributed by atoms with Crippen LogP contribution in [0.3, 0.4) is 0 Å². The largest absolute Gasteiger partial charge is 0.507 e. The van der Waals surface area contributed by atoms with Crippen LogP contribution in [-0.4, -0.2) is 10.2 Å². The summed E-state index contributed by atoms with van der Waals surface area (Å²) in [5, 5.41) is 19.5. The van der Waals surface area contributed by atoms with E-state index in [1.807, 2.05) is 18.2 Å². The maximum Gasteiger partial charge on any atom is 0.123 e. The van der Waals surface area contributed by atoms with Crippen molar-refractivity contribution in [1.29, 1.82) is 0 Å². The summed E-state index contributed by atoms with van der Waals surface area (Å²) in [4.78, 5) is 0. The van der Waals surface area contributed by atoms with Crippen LogP contribution < -0.4 is 0 Å². The fourth-order valence-corrected chi connectivity index (χ4v) is 1.71. The Hall–Kier alpha value is -1.28. The van der Waals surface area contributed by atoms with Gasteiger partial charge in [0, 0.05) is 5.56 Å². The molecular formula is C11H12O2. The zero-order valence-electron chi connectivity index (χ0n) is 7.49. The quantitative estimate of drug-likeness (QED) is 0.634. The van der Waals surface area contributed by atoms with Crippen molar-refractivity contribution in [2.24, 2.45) is 0 Å². The zero-order valence-corrected chi connectivity index (χ0v) is 7.49. The number of phenols is 1. The summed E-state index contributed by atoms with van der Waals surface area (Å²) in [7, 11) is 0. The maximum atomic E-state index is 9.99. The summed E-state index contributed by atoms with van der Waals surface area (Å²) in [6.45, 7) is 1.76. The van der Waals surface area contributed by atoms with Crippen LogP contribution in [0.25, 0.3) is 6.08 Å². The first kappa shape index (κ1) is 8.32. The van der Waals surface area contributed by atoms with E-state index in [1.165, 1.54) is 0 Å². The average Bonchev–Trinajstić information content (AvgIpc) is 2.06. The molecule has 13 heavy (non-hydrogen) atoms. The summed E-state index contributed by atoms with van der Waals surface area (Å²) in [6.07, 6.45) is 4.33. The second-order valence-corrected chi connectivity index (χ2v) is 3.62. The fraction of sp³-hybridized carbons (Fsp3) is 0.273. The SMILES string of the molecule is CC1(O)CC=Cc2c(O)cccc21. The Morgan fingerprint density at radius 3 is 2.85 bits per heavy atom. The minimum atomic E-state index is -0.844. The van der Waals surface area contributed by atoms with Crippen molar-refractivity contribution < 1.29 is 10.2 Å². The van der Waals surface area contributed by atoms with Gasteiger partial charge < -0.3 is 10.2 Å². The molecule has 0 radical (unpaired) electrons. The molecule has 0 bridgehead atoms. The van der Waals surface area contributed by atoms with Crippen molar-refractivity contribution in [3.05, 3.63) is 35.4 Å². The van der Waals surface area contributed by atoms with E-state index in [2.05, 4.69) is 0 Å². The molecule has 1 atom stereocenters. The Kier molecular flexibility index (Phi) is 1.67. The van der Waals surface area contributed by atoms with Gasteiger partial charge in [0.1, 0.15) is 5.75 Å². The van der Waals surface area contributed by atoms with E-state index >= 15 is 0 Å². The number of hydrogen-bond acceptors (Lipinski definition) is 2. The number of hydrogen-bond donors (Lipinski definition) is 2. The van der Waals surface area contributed by atoms with Crippen molar-refractivity contribution in [2.45, 2.75) is 18.9 Å². The second-order valence-electron chi connectivity index (χ2n) is 3.62. The number of rotatable bonds is 0. The van der Waals surface area contributed by atoms with Crippen LogP contribution in [-0.2, 0) is 5.60 Å². The van der Waals surface area contributed by atoms with Crippen molar-refractivity contribution >= 4 is 6.08 Å². The van der Waals surface area contributed by atoms with E-state index in [0.717, 1.165) is 11.1 Å². The van der Waals surface area contributed by atoms with Crippen LogP contribution in [0.2, 0.25) is 0 Å². The zero-order chi connectivity index (χ0) is 9.47. The highest BCUT2D eigenvalue weighted by atomic mass is 16.3. The molecule has 0 saturated heterocycles. The third kappa shape index (κ3) is 1.23. The van der Waals surface area contributed by atoms with Gasteiger partial charge in [-0.15, -0.1) is 0 Å². The molecule has 1 unspecified atom stereocenters. The molecule has 0 amide bonds. The summed E-state index contributed by atoms with van der Waals surface area (Å²) >= 11 is 0. The van der Waals surface area contributed by atoms with E-state index < -0.39 is 5.60 Å². The van der Waals surface area contributed by atoms with E-state index in [-0.39, 0.29) is 5.75 Å². The van der Waals surface area contributed by atoms with Crippen LogP contribution in [0.5, 0.6) is 5.75 Å². The highest BCUT2D eigenvalue weighted by molar-refractivity contribution is 5.64. The van der Waals surface area contributed by atoms with Crippen LogP contribution in [0.1, 0.15) is 24.5 Å². The first-order chi connectivity index (χ1) is 6.11. The average molecular weight is 176 g/mol. The van der Waals surface area contributed by atoms with Crippen LogP contribution in [0, 0.1) is 0 Å². The second kappa shape index (κ2) is 2.60. The molecule has 2 rings (SSSR count). The first-order valence-electron chi connectivity index (χ1n) is 4.33. The van der Waals surface area contributed by atoms with Gasteiger partial charge in [-0.05, 0) is 25.0 Å². The van der Waals surface area contributed by atoms with Gasteiger partial charge in [-0.1, -0.05) is 24.3 Å². The van der Waals surface area contributed by atoms with Crippen LogP contribution >= 0.6 is 0 Å². The Morgan fingerprint density at radius 1 is 1.38 bits per heavy atom. The third-order valence-corrected chi connectivity index (χ3v) is 2.46. The number of phenolic OH excluding ortho intramolecular Hbond substituents is 1. The van der Waals surface area contributed by atoms with E-state index in [1.54, 1.807) is 19.1 Å². The molecule has 0 saturated carbocycles. The third-order valence-electron chi connectivity index (χ3n) is 2.46. The molecule has 2 heteroatoms. The molecule has 1 aliphatic carbocycles. The lowest BCUT2D eigenvalue weighted by Crippen LogP contribution is -2.23. The predicted octanol–water partition coefficient (Wildman–Crippen LogP) is 2.02. The Balaban J connectivity index is 2.67. The van der Waals surface area contributed by atoms with Gasteiger partial charge in [0.05, 0.1) is 5.60 Å². The lowest BCUT2D eigenvalue weighted by molar-refractivity contribution is 0.0589.